The van der Waals surface area contributed by atoms with Gasteiger partial charge in [0.2, 0.25) is 0 Å². The van der Waals surface area contributed by atoms with Gasteiger partial charge < -0.3 is 4.98 Å². The van der Waals surface area contributed by atoms with Crippen molar-refractivity contribution >= 4 is 49.9 Å². The molecule has 0 spiro atoms. The molecule has 0 amide bonds. The third-order valence-electron chi connectivity index (χ3n) is 2.40. The number of benzene rings is 1. The van der Waals surface area contributed by atoms with Crippen LogP contribution >= 0.6 is 34.2 Å². The van der Waals surface area contributed by atoms with Crippen LogP contribution in [0.2, 0.25) is 5.02 Å². The maximum absolute atomic E-state index is 12.1. The van der Waals surface area contributed by atoms with Crippen molar-refractivity contribution in [1.82, 2.24) is 9.97 Å². The molecule has 0 aliphatic rings. The van der Waals surface area contributed by atoms with Gasteiger partial charge in [0.15, 0.2) is 5.03 Å². The molecule has 0 bridgehead atoms. The fourth-order valence-corrected chi connectivity index (χ4v) is 3.41. The van der Waals surface area contributed by atoms with Crippen molar-refractivity contribution in [2.24, 2.45) is 0 Å². The predicted octanol–water partition coefficient (Wildman–Crippen LogP) is 3.03. The van der Waals surface area contributed by atoms with Gasteiger partial charge in [-0.3, -0.25) is 4.72 Å². The summed E-state index contributed by atoms with van der Waals surface area (Å²) in [4.78, 5) is 6.72. The number of imidazole rings is 1. The Labute approximate surface area is 130 Å². The standard InChI is InChI=1S/C11H11ClIN3O2S/c1-2-10-14-6-11(15-10)19(17,18)16-9-4-3-7(13)5-8(9)12/h3-6,16H,2H2,1H3,(H,14,15). The quantitative estimate of drug-likeness (QED) is 0.760. The lowest BCUT2D eigenvalue weighted by atomic mass is 10.3. The molecular formula is C11H11ClIN3O2S. The molecule has 2 aromatic rings. The summed E-state index contributed by atoms with van der Waals surface area (Å²) in [6.07, 6.45) is 1.93. The van der Waals surface area contributed by atoms with Crippen LogP contribution in [0.1, 0.15) is 12.7 Å². The number of halogens is 2. The lowest BCUT2D eigenvalue weighted by molar-refractivity contribution is 0.598. The second-order valence-corrected chi connectivity index (χ2v) is 7.08. The first-order chi connectivity index (χ1) is 8.92. The van der Waals surface area contributed by atoms with Gasteiger partial charge in [0.25, 0.3) is 10.0 Å². The zero-order valence-corrected chi connectivity index (χ0v) is 13.7. The predicted molar refractivity (Wildman–Crippen MR) is 82.9 cm³/mol. The van der Waals surface area contributed by atoms with E-state index in [1.54, 1.807) is 18.2 Å². The van der Waals surface area contributed by atoms with E-state index >= 15 is 0 Å². The van der Waals surface area contributed by atoms with Gasteiger partial charge in [-0.15, -0.1) is 0 Å². The molecule has 1 aromatic carbocycles. The van der Waals surface area contributed by atoms with Crippen molar-refractivity contribution in [1.29, 1.82) is 0 Å². The summed E-state index contributed by atoms with van der Waals surface area (Å²) in [6, 6.07) is 5.08. The molecule has 102 valence electrons. The lowest BCUT2D eigenvalue weighted by Crippen LogP contribution is -2.13. The van der Waals surface area contributed by atoms with Crippen LogP contribution in [0.4, 0.5) is 5.69 Å². The number of aryl methyl sites for hydroxylation is 1. The minimum atomic E-state index is -3.69. The fourth-order valence-electron chi connectivity index (χ4n) is 1.43. The van der Waals surface area contributed by atoms with Crippen molar-refractivity contribution in [3.8, 4) is 0 Å². The second kappa shape index (κ2) is 5.68. The first-order valence-electron chi connectivity index (χ1n) is 5.44. The number of nitrogens with zero attached hydrogens (tertiary/aromatic N) is 1. The number of H-pyrrole nitrogens is 1. The number of aromatic amines is 1. The van der Waals surface area contributed by atoms with Crippen LogP contribution in [0.25, 0.3) is 0 Å². The van der Waals surface area contributed by atoms with Crippen molar-refractivity contribution in [2.45, 2.75) is 18.4 Å². The third-order valence-corrected chi connectivity index (χ3v) is 4.66. The van der Waals surface area contributed by atoms with Crippen LogP contribution in [-0.2, 0) is 16.4 Å². The first-order valence-corrected chi connectivity index (χ1v) is 8.38. The summed E-state index contributed by atoms with van der Waals surface area (Å²) < 4.78 is 27.6. The number of hydrogen-bond acceptors (Lipinski definition) is 3. The summed E-state index contributed by atoms with van der Waals surface area (Å²) in [6.45, 7) is 1.89. The van der Waals surface area contributed by atoms with Crippen LogP contribution < -0.4 is 4.72 Å². The molecule has 2 N–H and O–H groups in total. The van der Waals surface area contributed by atoms with Gasteiger partial charge in [0, 0.05) is 9.99 Å². The smallest absolute Gasteiger partial charge is 0.279 e. The van der Waals surface area contributed by atoms with Gasteiger partial charge in [-0.2, -0.15) is 8.42 Å². The highest BCUT2D eigenvalue weighted by atomic mass is 127. The molecule has 0 aliphatic heterocycles. The Morgan fingerprint density at radius 3 is 2.79 bits per heavy atom. The van der Waals surface area contributed by atoms with Gasteiger partial charge in [-0.05, 0) is 40.8 Å². The highest BCUT2D eigenvalue weighted by molar-refractivity contribution is 14.1. The molecule has 0 unspecified atom stereocenters. The van der Waals surface area contributed by atoms with Crippen molar-refractivity contribution in [3.63, 3.8) is 0 Å². The van der Waals surface area contributed by atoms with Crippen molar-refractivity contribution < 1.29 is 8.42 Å². The van der Waals surface area contributed by atoms with Gasteiger partial charge in [-0.25, -0.2) is 4.98 Å². The van der Waals surface area contributed by atoms with Crippen LogP contribution in [0, 0.1) is 3.57 Å². The number of anilines is 1. The van der Waals surface area contributed by atoms with Crippen LogP contribution in [0.5, 0.6) is 0 Å². The van der Waals surface area contributed by atoms with E-state index in [2.05, 4.69) is 37.3 Å². The van der Waals surface area contributed by atoms with Crippen molar-refractivity contribution in [3.05, 3.63) is 38.8 Å². The topological polar surface area (TPSA) is 74.8 Å². The molecule has 0 saturated carbocycles. The molecule has 1 aromatic heterocycles. The summed E-state index contributed by atoms with van der Waals surface area (Å²) in [7, 11) is -3.69. The van der Waals surface area contributed by atoms with E-state index in [0.717, 1.165) is 3.57 Å². The van der Waals surface area contributed by atoms with Crippen LogP contribution in [0.3, 0.4) is 0 Å². The molecule has 1 heterocycles. The van der Waals surface area contributed by atoms with Gasteiger partial charge in [0.1, 0.15) is 5.82 Å². The maximum Gasteiger partial charge on any atom is 0.279 e. The minimum Gasteiger partial charge on any atom is -0.332 e. The Kier molecular flexibility index (Phi) is 4.36. The zero-order chi connectivity index (χ0) is 14.0. The molecule has 0 fully saturated rings. The molecule has 2 rings (SSSR count). The van der Waals surface area contributed by atoms with E-state index in [-0.39, 0.29) is 5.03 Å². The van der Waals surface area contributed by atoms with Gasteiger partial charge in [-0.1, -0.05) is 18.5 Å². The molecule has 5 nitrogen and oxygen atoms in total. The number of sulfonamides is 1. The Bertz CT molecular complexity index is 700. The normalized spacial score (nSPS) is 11.5. The fraction of sp³-hybridized carbons (Fsp3) is 0.182. The molecule has 0 radical (unpaired) electrons. The number of nitrogens with one attached hydrogen (secondary N) is 2. The Balaban J connectivity index is 2.30. The molecule has 19 heavy (non-hydrogen) atoms. The number of rotatable bonds is 4. The summed E-state index contributed by atoms with van der Waals surface area (Å²) in [5.41, 5.74) is 0.342. The van der Waals surface area contributed by atoms with Crippen LogP contribution in [-0.4, -0.2) is 18.4 Å². The first kappa shape index (κ1) is 14.6. The summed E-state index contributed by atoms with van der Waals surface area (Å²) in [5.74, 6) is 0.620. The number of hydrogen-bond donors (Lipinski definition) is 2. The van der Waals surface area contributed by atoms with Gasteiger partial charge in [0.05, 0.1) is 16.9 Å². The average Bonchev–Trinajstić information content (AvgIpc) is 2.82. The Hall–Kier alpha value is -0.800. The molecule has 0 atom stereocenters. The lowest BCUT2D eigenvalue weighted by Gasteiger charge is -2.08. The third kappa shape index (κ3) is 3.40. The van der Waals surface area contributed by atoms with E-state index in [0.29, 0.717) is 23.0 Å². The van der Waals surface area contributed by atoms with E-state index in [1.807, 2.05) is 6.92 Å². The number of aromatic nitrogens is 2. The molecular weight excluding hydrogens is 401 g/mol. The van der Waals surface area contributed by atoms with E-state index in [9.17, 15) is 8.42 Å². The highest BCUT2D eigenvalue weighted by Crippen LogP contribution is 2.26. The summed E-state index contributed by atoms with van der Waals surface area (Å²) in [5, 5.41) is 0.379. The minimum absolute atomic E-state index is 0.0268. The molecule has 8 heteroatoms. The van der Waals surface area contributed by atoms with Crippen molar-refractivity contribution in [2.75, 3.05) is 4.72 Å². The van der Waals surface area contributed by atoms with Crippen LogP contribution in [0.15, 0.2) is 29.4 Å². The largest absolute Gasteiger partial charge is 0.332 e. The van der Waals surface area contributed by atoms with Gasteiger partial charge >= 0.3 is 0 Å². The molecule has 0 saturated heterocycles. The Morgan fingerprint density at radius 1 is 1.47 bits per heavy atom. The van der Waals surface area contributed by atoms with E-state index < -0.39 is 10.0 Å². The zero-order valence-electron chi connectivity index (χ0n) is 9.94. The second-order valence-electron chi connectivity index (χ2n) is 3.78. The molecule has 0 aliphatic carbocycles. The monoisotopic (exact) mass is 411 g/mol. The van der Waals surface area contributed by atoms with E-state index in [4.69, 9.17) is 11.6 Å². The highest BCUT2D eigenvalue weighted by Gasteiger charge is 2.18. The van der Waals surface area contributed by atoms with E-state index in [1.165, 1.54) is 6.20 Å². The SMILES string of the molecule is CCc1ncc(S(=O)(=O)Nc2ccc(I)cc2Cl)[nH]1. The Morgan fingerprint density at radius 2 is 2.21 bits per heavy atom. The average molecular weight is 412 g/mol. The summed E-state index contributed by atoms with van der Waals surface area (Å²) >= 11 is 8.10. The maximum atomic E-state index is 12.1.